The molecule has 0 radical (unpaired) electrons. The highest BCUT2D eigenvalue weighted by atomic mass is 31.2. The first-order valence-corrected chi connectivity index (χ1v) is 26.1. The highest BCUT2D eigenvalue weighted by Gasteiger charge is 2.52. The number of ether oxygens (including phenoxy) is 5. The fourth-order valence-electron chi connectivity index (χ4n) is 9.37. The average Bonchev–Trinajstić information content (AvgIpc) is 4.07. The van der Waals surface area contributed by atoms with Gasteiger partial charge in [0.05, 0.1) is 57.4 Å². The van der Waals surface area contributed by atoms with E-state index in [4.69, 9.17) is 37.7 Å². The van der Waals surface area contributed by atoms with Crippen molar-refractivity contribution in [1.29, 1.82) is 5.26 Å². The van der Waals surface area contributed by atoms with E-state index in [2.05, 4.69) is 26.0 Å². The normalized spacial score (nSPS) is 18.1. The monoisotopic (exact) mass is 1040 g/mol. The van der Waals surface area contributed by atoms with Crippen LogP contribution in [0, 0.1) is 17.2 Å². The Morgan fingerprint density at radius 3 is 1.97 bits per heavy atom. The van der Waals surface area contributed by atoms with Crippen molar-refractivity contribution in [1.82, 2.24) is 29.1 Å². The number of rotatable bonds is 24. The number of nitriles is 1. The Labute approximate surface area is 437 Å². The van der Waals surface area contributed by atoms with Crippen molar-refractivity contribution >= 4 is 43.4 Å². The number of methoxy groups -OCH3 is 2. The molecule has 20 heteroatoms. The number of carbonyl (C=O) groups is 3. The number of aromatic nitrogens is 4. The number of hydrogen-bond donors (Lipinski definition) is 2. The first-order chi connectivity index (χ1) is 36.2. The molecule has 6 aromatic rings. The predicted molar refractivity (Wildman–Crippen MR) is 280 cm³/mol. The Hall–Kier alpha value is -6.88. The number of aromatic amines is 1. The molecule has 75 heavy (non-hydrogen) atoms. The van der Waals surface area contributed by atoms with Gasteiger partial charge in [0.25, 0.3) is 25.9 Å². The maximum absolute atomic E-state index is 13.7. The fraction of sp³-hybridized carbons (Fsp3) is 0.400. The van der Waals surface area contributed by atoms with Gasteiger partial charge in [0, 0.05) is 31.2 Å². The Morgan fingerprint density at radius 2 is 1.41 bits per heavy atom. The summed E-state index contributed by atoms with van der Waals surface area (Å²) in [5.74, 6) is -0.387. The van der Waals surface area contributed by atoms with Crippen molar-refractivity contribution < 1.29 is 47.1 Å². The van der Waals surface area contributed by atoms with Gasteiger partial charge in [-0.3, -0.25) is 38.9 Å². The second-order valence-electron chi connectivity index (χ2n) is 18.9. The maximum Gasteiger partial charge on any atom is 0.280 e. The summed E-state index contributed by atoms with van der Waals surface area (Å²) in [5, 5.41) is 12.4. The quantitative estimate of drug-likeness (QED) is 0.0252. The molecule has 4 heterocycles. The fourth-order valence-corrected chi connectivity index (χ4v) is 11.1. The number of fused-ring (bicyclic) bond motifs is 2. The third kappa shape index (κ3) is 11.5. The molecule has 3 amide bonds. The number of carbonyl (C=O) groups excluding carboxylic acids is 3. The van der Waals surface area contributed by atoms with Gasteiger partial charge in [-0.2, -0.15) is 10.2 Å². The van der Waals surface area contributed by atoms with Gasteiger partial charge >= 0.3 is 0 Å². The summed E-state index contributed by atoms with van der Waals surface area (Å²) in [6.07, 6.45) is -2.45. The summed E-state index contributed by atoms with van der Waals surface area (Å²) in [5.41, 5.74) is 1.14. The second-order valence-corrected chi connectivity index (χ2v) is 20.3. The molecule has 4 aromatic carbocycles. The molecule has 2 aliphatic heterocycles. The molecule has 1 unspecified atom stereocenters. The van der Waals surface area contributed by atoms with Crippen LogP contribution in [0.15, 0.2) is 114 Å². The Bertz CT molecular complexity index is 2940. The topological polar surface area (TPSA) is 222 Å². The lowest BCUT2D eigenvalue weighted by Gasteiger charge is -2.39. The van der Waals surface area contributed by atoms with E-state index in [1.54, 1.807) is 56.9 Å². The number of nitrogens with one attached hydrogen (secondary N) is 2. The van der Waals surface area contributed by atoms with Crippen LogP contribution in [0.1, 0.15) is 98.0 Å². The number of H-pyrrole nitrogens is 1. The molecule has 0 spiro atoms. The molecular weight excluding hydrogens is 980 g/mol. The lowest BCUT2D eigenvalue weighted by Crippen LogP contribution is -2.43. The van der Waals surface area contributed by atoms with Gasteiger partial charge in [-0.1, -0.05) is 80.6 Å². The molecule has 19 nitrogen and oxygen atoms in total. The number of imidazole rings is 1. The van der Waals surface area contributed by atoms with Gasteiger partial charge < -0.3 is 32.7 Å². The summed E-state index contributed by atoms with van der Waals surface area (Å²) >= 11 is 0. The molecule has 2 N–H and O–H groups in total. The molecule has 8 rings (SSSR count). The number of benzene rings is 4. The largest absolute Gasteiger partial charge is 0.497 e. The van der Waals surface area contributed by atoms with E-state index in [1.807, 2.05) is 107 Å². The van der Waals surface area contributed by atoms with Crippen molar-refractivity contribution in [2.45, 2.75) is 96.6 Å². The molecule has 2 aliphatic rings. The van der Waals surface area contributed by atoms with E-state index in [0.29, 0.717) is 22.6 Å². The zero-order chi connectivity index (χ0) is 53.4. The van der Waals surface area contributed by atoms with Gasteiger partial charge in [0.15, 0.2) is 17.4 Å². The maximum atomic E-state index is 13.7. The minimum Gasteiger partial charge on any atom is -0.497 e. The van der Waals surface area contributed by atoms with E-state index < -0.39 is 62.0 Å². The third-order valence-electron chi connectivity index (χ3n) is 13.0. The number of nitrogens with zero attached hydrogens (tertiary/aromatic N) is 6. The molecule has 2 aromatic heterocycles. The number of imide groups is 1. The number of hydrogen-bond acceptors (Lipinski definition) is 15. The minimum atomic E-state index is -1.96. The van der Waals surface area contributed by atoms with Crippen LogP contribution in [-0.4, -0.2) is 118 Å². The third-order valence-corrected chi connectivity index (χ3v) is 15.1. The lowest BCUT2D eigenvalue weighted by atomic mass is 9.80. The van der Waals surface area contributed by atoms with Crippen LogP contribution in [-0.2, 0) is 33.7 Å². The highest BCUT2D eigenvalue weighted by Crippen LogP contribution is 2.51. The lowest BCUT2D eigenvalue weighted by molar-refractivity contribution is -0.118. The zero-order valence-electron chi connectivity index (χ0n) is 43.3. The molecule has 0 aliphatic carbocycles. The van der Waals surface area contributed by atoms with Crippen LogP contribution >= 0.6 is 8.53 Å². The van der Waals surface area contributed by atoms with Crippen LogP contribution in [0.3, 0.4) is 0 Å². The molecule has 1 saturated heterocycles. The van der Waals surface area contributed by atoms with E-state index in [0.717, 1.165) is 16.7 Å². The zero-order valence-corrected chi connectivity index (χ0v) is 44.2. The summed E-state index contributed by atoms with van der Waals surface area (Å²) < 4.78 is 50.3. The number of amides is 3. The van der Waals surface area contributed by atoms with Crippen molar-refractivity contribution in [2.24, 2.45) is 5.92 Å². The number of anilines is 1. The van der Waals surface area contributed by atoms with E-state index in [-0.39, 0.29) is 74.3 Å². The van der Waals surface area contributed by atoms with E-state index >= 15 is 0 Å². The molecule has 0 saturated carbocycles. The van der Waals surface area contributed by atoms with E-state index in [1.165, 1.54) is 11.2 Å². The van der Waals surface area contributed by atoms with Crippen LogP contribution in [0.4, 0.5) is 5.95 Å². The van der Waals surface area contributed by atoms with Gasteiger partial charge in [0.2, 0.25) is 11.9 Å². The summed E-state index contributed by atoms with van der Waals surface area (Å²) in [6, 6.07) is 33.8. The first-order valence-electron chi connectivity index (χ1n) is 24.9. The Morgan fingerprint density at radius 1 is 0.827 bits per heavy atom. The van der Waals surface area contributed by atoms with Gasteiger partial charge in [0.1, 0.15) is 35.4 Å². The van der Waals surface area contributed by atoms with E-state index in [9.17, 15) is 24.4 Å². The summed E-state index contributed by atoms with van der Waals surface area (Å²) in [6.45, 7) is 11.5. The van der Waals surface area contributed by atoms with Crippen molar-refractivity contribution in [2.75, 3.05) is 45.9 Å². The van der Waals surface area contributed by atoms with Crippen molar-refractivity contribution in [3.05, 3.63) is 148 Å². The Balaban J connectivity index is 1.26. The van der Waals surface area contributed by atoms with Crippen LogP contribution in [0.25, 0.3) is 11.2 Å². The summed E-state index contributed by atoms with van der Waals surface area (Å²) in [4.78, 5) is 66.5. The van der Waals surface area contributed by atoms with Crippen LogP contribution in [0.2, 0.25) is 0 Å². The first kappa shape index (κ1) is 54.4. The average molecular weight is 1040 g/mol. The molecule has 0 bridgehead atoms. The Kier molecular flexibility index (Phi) is 17.5. The summed E-state index contributed by atoms with van der Waals surface area (Å²) in [7, 11) is 1.24. The second kappa shape index (κ2) is 24.2. The predicted octanol–water partition coefficient (Wildman–Crippen LogP) is 8.37. The van der Waals surface area contributed by atoms with Crippen LogP contribution < -0.4 is 20.3 Å². The van der Waals surface area contributed by atoms with Crippen molar-refractivity contribution in [3.63, 3.8) is 0 Å². The van der Waals surface area contributed by atoms with Crippen molar-refractivity contribution in [3.8, 4) is 17.6 Å². The van der Waals surface area contributed by atoms with Gasteiger partial charge in [-0.25, -0.2) is 9.65 Å². The standard InChI is InChI=1S/C55H63N8O11P/c1-34(2)49(64)59-54-58-48-45(50(65)60-54)57-33-62(48)53-47(70-30-15-29-61-51(66)42-18-12-13-19-43(42)52(61)67)46(74-75(72-31-14-28-56)63(35(3)4)36(5)6)44(73-53)32-71-55(37-16-10-9-11-17-37,38-20-24-40(68-7)25-21-38)39-22-26-41(69-8)27-23-39/h9-13,16-27,33-36,44,46-47,53H,14-15,29-32H2,1-8H3,(H2,58,59,60,64,65)/t44-,46-,47-,53-,75?/m1/s1. The SMILES string of the molecule is COc1ccc(C(OC[C@H]2O[C@@H](n3cnc4c(=O)[nH]c(NC(=O)C(C)C)nc43)[C@H](OCCCN3C(=O)c4ccccc4C3=O)[C@@H]2OP(OCCC#N)N(C(C)C)C(C)C)(c2ccccc2)c2ccc(OC)cc2)cc1. The molecule has 394 valence electrons. The van der Waals surface area contributed by atoms with Gasteiger partial charge in [-0.05, 0) is 87.2 Å². The van der Waals surface area contributed by atoms with Gasteiger partial charge in [-0.15, -0.1) is 0 Å². The van der Waals surface area contributed by atoms with Crippen LogP contribution in [0.5, 0.6) is 11.5 Å². The molecule has 1 fully saturated rings. The molecule has 5 atom stereocenters. The smallest absolute Gasteiger partial charge is 0.280 e. The molecular formula is C55H63N8O11P. The minimum absolute atomic E-state index is 0.00134. The highest BCUT2D eigenvalue weighted by molar-refractivity contribution is 7.44.